The monoisotopic (exact) mass is 755 g/mol. The number of rotatable bonds is 13. The molecule has 3 aromatic carbocycles. The number of aliphatic carboxylic acids is 1. The number of thioether (sulfide) groups is 2. The number of anilines is 1. The minimum atomic E-state index is -1.20. The number of carbonyl (C=O) groups is 3. The highest BCUT2D eigenvalue weighted by Gasteiger charge is 2.54. The Morgan fingerprint density at radius 3 is 2.20 bits per heavy atom. The van der Waals surface area contributed by atoms with Crippen LogP contribution < -0.4 is 10.6 Å². The Bertz CT molecular complexity index is 2000. The lowest BCUT2D eigenvalue weighted by molar-refractivity contribution is -0.150. The number of hydrogen-bond acceptors (Lipinski definition) is 13. The van der Waals surface area contributed by atoms with Crippen LogP contribution in [-0.2, 0) is 24.8 Å². The number of nitrogens with one attached hydrogen (secondary N) is 2. The van der Waals surface area contributed by atoms with Crippen LogP contribution in [0.5, 0.6) is 0 Å². The van der Waals surface area contributed by atoms with E-state index in [1.165, 1.54) is 58.4 Å². The quantitative estimate of drug-likeness (QED) is 0.0472. The Morgan fingerprint density at radius 2 is 1.65 bits per heavy atom. The minimum absolute atomic E-state index is 0.0565. The first kappa shape index (κ1) is 34.4. The third-order valence-electron chi connectivity index (χ3n) is 8.33. The summed E-state index contributed by atoms with van der Waals surface area (Å²) >= 11 is 5.32. The van der Waals surface area contributed by atoms with Gasteiger partial charge in [0.05, 0.1) is 6.20 Å². The summed E-state index contributed by atoms with van der Waals surface area (Å²) in [6, 6.07) is 29.2. The number of nitrogens with zero attached hydrogens (tertiary/aromatic N) is 5. The minimum Gasteiger partial charge on any atom is -0.477 e. The maximum atomic E-state index is 13.7. The molecule has 1 fully saturated rings. The molecule has 3 N–H and O–H groups in total. The molecule has 2 aromatic heterocycles. The van der Waals surface area contributed by atoms with Gasteiger partial charge >= 0.3 is 5.97 Å². The normalized spacial score (nSPS) is 17.4. The molecule has 0 spiro atoms. The van der Waals surface area contributed by atoms with Crippen LogP contribution in [0.1, 0.15) is 22.4 Å². The molecule has 1 saturated heterocycles. The van der Waals surface area contributed by atoms with Crippen molar-refractivity contribution in [1.82, 2.24) is 24.8 Å². The summed E-state index contributed by atoms with van der Waals surface area (Å²) in [5.74, 6) is -1.63. The number of hydrogen-bond donors (Lipinski definition) is 3. The molecular formula is C35H29N7O5S4. The summed E-state index contributed by atoms with van der Waals surface area (Å²) in [7, 11) is 1.32. The van der Waals surface area contributed by atoms with Crippen LogP contribution in [0.3, 0.4) is 0 Å². The van der Waals surface area contributed by atoms with Gasteiger partial charge < -0.3 is 20.6 Å². The summed E-state index contributed by atoms with van der Waals surface area (Å²) in [5, 5.41) is 25.9. The molecule has 51 heavy (non-hydrogen) atoms. The molecule has 0 aliphatic carbocycles. The largest absolute Gasteiger partial charge is 0.477 e. The van der Waals surface area contributed by atoms with Crippen molar-refractivity contribution < 1.29 is 24.3 Å². The molecule has 5 aromatic rings. The number of β-lactam (4-membered cyclic amide) rings is 1. The first-order valence-corrected chi connectivity index (χ1v) is 19.2. The van der Waals surface area contributed by atoms with Crippen LogP contribution in [0.15, 0.2) is 123 Å². The van der Waals surface area contributed by atoms with Gasteiger partial charge in [0.25, 0.3) is 11.8 Å². The van der Waals surface area contributed by atoms with Crippen molar-refractivity contribution in [2.45, 2.75) is 21.2 Å². The van der Waals surface area contributed by atoms with E-state index < -0.39 is 34.7 Å². The van der Waals surface area contributed by atoms with Gasteiger partial charge in [0, 0.05) is 16.9 Å². The smallest absolute Gasteiger partial charge is 0.352 e. The molecule has 2 amide bonds. The molecule has 0 saturated carbocycles. The van der Waals surface area contributed by atoms with Gasteiger partial charge in [-0.3, -0.25) is 14.5 Å². The molecule has 2 atom stereocenters. The van der Waals surface area contributed by atoms with Crippen LogP contribution in [0.4, 0.5) is 5.13 Å². The van der Waals surface area contributed by atoms with E-state index in [9.17, 15) is 19.5 Å². The fourth-order valence-corrected chi connectivity index (χ4v) is 9.72. The van der Waals surface area contributed by atoms with Crippen molar-refractivity contribution in [2.24, 2.45) is 5.16 Å². The second-order valence-electron chi connectivity index (χ2n) is 11.3. The number of aromatic nitrogens is 3. The van der Waals surface area contributed by atoms with Crippen molar-refractivity contribution >= 4 is 75.0 Å². The van der Waals surface area contributed by atoms with Crippen molar-refractivity contribution in [2.75, 3.05) is 23.9 Å². The van der Waals surface area contributed by atoms with Crippen LogP contribution in [0.25, 0.3) is 0 Å². The molecule has 7 rings (SSSR count). The third kappa shape index (κ3) is 6.74. The highest BCUT2D eigenvalue weighted by atomic mass is 32.2. The molecular weight excluding hydrogens is 727 g/mol. The second-order valence-corrected chi connectivity index (χ2v) is 15.3. The lowest BCUT2D eigenvalue weighted by Gasteiger charge is -2.49. The van der Waals surface area contributed by atoms with Crippen molar-refractivity contribution in [3.63, 3.8) is 0 Å². The summed E-state index contributed by atoms with van der Waals surface area (Å²) < 4.78 is 4.68. The van der Waals surface area contributed by atoms with E-state index in [4.69, 9.17) is 9.82 Å². The van der Waals surface area contributed by atoms with Gasteiger partial charge in [-0.15, -0.1) is 40.0 Å². The van der Waals surface area contributed by atoms with E-state index in [0.29, 0.717) is 22.2 Å². The molecule has 2 aliphatic rings. The molecule has 4 heterocycles. The van der Waals surface area contributed by atoms with Gasteiger partial charge in [0.2, 0.25) is 0 Å². The van der Waals surface area contributed by atoms with Crippen LogP contribution >= 0.6 is 46.4 Å². The zero-order valence-electron chi connectivity index (χ0n) is 26.8. The number of carbonyl (C=O) groups excluding carboxylic acids is 2. The van der Waals surface area contributed by atoms with Crippen LogP contribution in [-0.4, -0.2) is 78.1 Å². The molecule has 0 radical (unpaired) electrons. The molecule has 258 valence electrons. The first-order chi connectivity index (χ1) is 24.9. The van der Waals surface area contributed by atoms with Crippen molar-refractivity contribution in [1.29, 1.82) is 0 Å². The Balaban J connectivity index is 1.13. The number of benzene rings is 3. The van der Waals surface area contributed by atoms with Gasteiger partial charge in [-0.2, -0.15) is 0 Å². The third-order valence-corrected chi connectivity index (χ3v) is 12.3. The zero-order valence-corrected chi connectivity index (χ0v) is 30.1. The number of carboxylic acids is 1. The van der Waals surface area contributed by atoms with E-state index in [2.05, 4.69) is 61.8 Å². The maximum absolute atomic E-state index is 13.7. The standard InChI is InChI=1S/C35H29N7O5S4/c1-47-40-27(30(43)38-28-31(44)42-29(33(45)46)21(19-49-32(28)42)18-48-26-17-36-41-51-26)25-20-50-34(37-25)39-35(22-11-5-2-6-12-22,23-13-7-3-8-14-23)24-15-9-4-10-16-24/h2-17,20,28,32H,18-19H2,1H3,(H,37,39)(H,38,43)(H,45,46)/b40-27-/t28?,32-/m0/s1. The Labute approximate surface area is 309 Å². The number of thiazole rings is 1. The second kappa shape index (κ2) is 15.1. The zero-order chi connectivity index (χ0) is 35.4. The molecule has 1 unspecified atom stereocenters. The van der Waals surface area contributed by atoms with Gasteiger partial charge in [0.15, 0.2) is 10.8 Å². The fourth-order valence-electron chi connectivity index (χ4n) is 6.06. The SMILES string of the molecule is CO/N=C(\C(=O)NC1C(=O)N2C(C(=O)O)=C(CSc3cnns3)CS[C@@H]12)c1csc(NC(c2ccccc2)(c2ccccc2)c2ccccc2)n1. The average molecular weight is 756 g/mol. The molecule has 12 nitrogen and oxygen atoms in total. The van der Waals surface area contributed by atoms with Crippen molar-refractivity contribution in [3.05, 3.63) is 136 Å². The van der Waals surface area contributed by atoms with Gasteiger partial charge in [-0.05, 0) is 33.8 Å². The first-order valence-electron chi connectivity index (χ1n) is 15.5. The Hall–Kier alpha value is -5.03. The van der Waals surface area contributed by atoms with Crippen LogP contribution in [0.2, 0.25) is 0 Å². The van der Waals surface area contributed by atoms with Gasteiger partial charge in [-0.25, -0.2) is 9.78 Å². The highest BCUT2D eigenvalue weighted by Crippen LogP contribution is 2.43. The predicted octanol–water partition coefficient (Wildman–Crippen LogP) is 5.28. The van der Waals surface area contributed by atoms with E-state index in [1.807, 2.05) is 54.6 Å². The van der Waals surface area contributed by atoms with E-state index in [0.717, 1.165) is 20.9 Å². The summed E-state index contributed by atoms with van der Waals surface area (Å²) in [5.41, 5.74) is 2.79. The number of amides is 2. The summed E-state index contributed by atoms with van der Waals surface area (Å²) in [4.78, 5) is 50.5. The maximum Gasteiger partial charge on any atom is 0.352 e. The Kier molecular flexibility index (Phi) is 10.2. The number of carboxylic acid groups (broad SMARTS) is 1. The molecule has 2 aliphatic heterocycles. The van der Waals surface area contributed by atoms with E-state index >= 15 is 0 Å². The summed E-state index contributed by atoms with van der Waals surface area (Å²) in [6.07, 6.45) is 1.61. The van der Waals surface area contributed by atoms with Crippen molar-refractivity contribution in [3.8, 4) is 0 Å². The van der Waals surface area contributed by atoms with E-state index in [-0.39, 0.29) is 17.1 Å². The van der Waals surface area contributed by atoms with E-state index in [1.54, 1.807) is 11.6 Å². The average Bonchev–Trinajstić information content (AvgIpc) is 3.87. The van der Waals surface area contributed by atoms with Crippen LogP contribution in [0, 0.1) is 0 Å². The lowest BCUT2D eigenvalue weighted by Crippen LogP contribution is -2.71. The molecule has 0 bridgehead atoms. The molecule has 16 heteroatoms. The predicted molar refractivity (Wildman–Crippen MR) is 199 cm³/mol. The van der Waals surface area contributed by atoms with Gasteiger partial charge in [0.1, 0.15) is 39.7 Å². The number of oxime groups is 1. The van der Waals surface area contributed by atoms with Gasteiger partial charge in [-0.1, -0.05) is 101 Å². The topological polar surface area (TPSA) is 159 Å². The Morgan fingerprint density at radius 1 is 1.02 bits per heavy atom. The number of fused-ring (bicyclic) bond motifs is 1. The lowest BCUT2D eigenvalue weighted by atomic mass is 9.77. The fraction of sp³-hybridized carbons (Fsp3) is 0.171. The highest BCUT2D eigenvalue weighted by molar-refractivity contribution is 8.01. The summed E-state index contributed by atoms with van der Waals surface area (Å²) in [6.45, 7) is 0.